The van der Waals surface area contributed by atoms with Crippen molar-refractivity contribution in [2.75, 3.05) is 10.6 Å². The van der Waals surface area contributed by atoms with Gasteiger partial charge in [0.05, 0.1) is 4.92 Å². The van der Waals surface area contributed by atoms with Crippen LogP contribution in [0.1, 0.15) is 31.7 Å². The van der Waals surface area contributed by atoms with Crippen LogP contribution in [0.3, 0.4) is 0 Å². The first-order valence-electron chi connectivity index (χ1n) is 8.55. The zero-order valence-corrected chi connectivity index (χ0v) is 15.8. The number of carbonyl (C=O) groups is 2. The Labute approximate surface area is 156 Å². The quantitative estimate of drug-likeness (QED) is 0.571. The first-order valence-corrected chi connectivity index (χ1v) is 8.55. The summed E-state index contributed by atoms with van der Waals surface area (Å²) in [5.41, 5.74) is 1.72. The number of rotatable bonds is 7. The summed E-state index contributed by atoms with van der Waals surface area (Å²) < 4.78 is 1.31. The highest BCUT2D eigenvalue weighted by Gasteiger charge is 2.22. The average Bonchev–Trinajstić information content (AvgIpc) is 2.82. The summed E-state index contributed by atoms with van der Waals surface area (Å²) in [6.07, 6.45) is 0.438. The Morgan fingerprint density at radius 3 is 2.07 bits per heavy atom. The zero-order chi connectivity index (χ0) is 20.1. The van der Waals surface area contributed by atoms with Gasteiger partial charge in [0.25, 0.3) is 0 Å². The first-order chi connectivity index (χ1) is 12.7. The lowest BCUT2D eigenvalue weighted by Crippen LogP contribution is -2.20. The number of nitrogens with zero attached hydrogens (tertiary/aromatic N) is 3. The Hall–Kier alpha value is -3.23. The number of carbonyl (C=O) groups excluding carboxylic acids is 2. The van der Waals surface area contributed by atoms with Crippen molar-refractivity contribution in [3.8, 4) is 0 Å². The normalized spacial score (nSPS) is 10.7. The summed E-state index contributed by atoms with van der Waals surface area (Å²) >= 11 is 0. The maximum Gasteiger partial charge on any atom is 0.312 e. The van der Waals surface area contributed by atoms with Crippen LogP contribution < -0.4 is 10.6 Å². The number of aromatic nitrogens is 2. The van der Waals surface area contributed by atoms with Gasteiger partial charge in [-0.25, -0.2) is 0 Å². The Morgan fingerprint density at radius 1 is 1.11 bits per heavy atom. The van der Waals surface area contributed by atoms with E-state index in [1.54, 1.807) is 31.2 Å². The van der Waals surface area contributed by atoms with E-state index in [4.69, 9.17) is 0 Å². The number of hydrogen-bond donors (Lipinski definition) is 2. The minimum atomic E-state index is -0.502. The van der Waals surface area contributed by atoms with E-state index >= 15 is 0 Å². The van der Waals surface area contributed by atoms with E-state index in [2.05, 4.69) is 15.7 Å². The Kier molecular flexibility index (Phi) is 6.27. The van der Waals surface area contributed by atoms with Crippen LogP contribution in [0.15, 0.2) is 24.3 Å². The topological polar surface area (TPSA) is 119 Å². The smallest absolute Gasteiger partial charge is 0.312 e. The van der Waals surface area contributed by atoms with Crippen molar-refractivity contribution in [1.82, 2.24) is 9.78 Å². The molecule has 0 unspecified atom stereocenters. The highest BCUT2D eigenvalue weighted by atomic mass is 16.6. The number of hydrogen-bond acceptors (Lipinski definition) is 5. The van der Waals surface area contributed by atoms with Gasteiger partial charge in [0.2, 0.25) is 11.8 Å². The molecule has 1 heterocycles. The number of amides is 2. The van der Waals surface area contributed by atoms with Gasteiger partial charge in [0.1, 0.15) is 17.9 Å². The SMILES string of the molecule is Cc1nn(CC(=O)Nc2ccc(NC(=O)CC(C)C)cc2)c(C)c1[N+](=O)[O-]. The van der Waals surface area contributed by atoms with Crippen LogP contribution in [0.25, 0.3) is 0 Å². The standard InChI is InChI=1S/C18H23N5O4/c1-11(2)9-16(24)19-14-5-7-15(8-6-14)20-17(25)10-22-13(4)18(23(26)27)12(3)21-22/h5-8,11H,9-10H2,1-4H3,(H,19,24)(H,20,25). The molecular weight excluding hydrogens is 350 g/mol. The Morgan fingerprint density at radius 2 is 1.63 bits per heavy atom. The van der Waals surface area contributed by atoms with Gasteiger partial charge in [-0.05, 0) is 44.0 Å². The number of nitro groups is 1. The van der Waals surface area contributed by atoms with Crippen molar-refractivity contribution in [2.45, 2.75) is 40.7 Å². The molecular formula is C18H23N5O4. The molecule has 0 saturated heterocycles. The predicted octanol–water partition coefficient (Wildman–Crippen LogP) is 3.03. The highest BCUT2D eigenvalue weighted by molar-refractivity contribution is 5.93. The molecule has 0 aliphatic carbocycles. The molecule has 2 aromatic rings. The van der Waals surface area contributed by atoms with Crippen LogP contribution in [-0.4, -0.2) is 26.5 Å². The van der Waals surface area contributed by atoms with Gasteiger partial charge < -0.3 is 10.6 Å². The molecule has 1 aromatic heterocycles. The predicted molar refractivity (Wildman–Crippen MR) is 102 cm³/mol. The molecule has 2 rings (SSSR count). The number of aryl methyl sites for hydroxylation is 1. The van der Waals surface area contributed by atoms with Crippen molar-refractivity contribution >= 4 is 28.9 Å². The Balaban J connectivity index is 1.97. The fourth-order valence-electron chi connectivity index (χ4n) is 2.66. The molecule has 9 nitrogen and oxygen atoms in total. The minimum absolute atomic E-state index is 0.0621. The molecule has 2 N–H and O–H groups in total. The molecule has 27 heavy (non-hydrogen) atoms. The summed E-state index contributed by atoms with van der Waals surface area (Å²) in [6, 6.07) is 6.74. The van der Waals surface area contributed by atoms with E-state index < -0.39 is 4.92 Å². The first kappa shape index (κ1) is 20.1. The second kappa shape index (κ2) is 8.43. The third-order valence-electron chi connectivity index (χ3n) is 3.87. The van der Waals surface area contributed by atoms with E-state index in [0.717, 1.165) is 0 Å². The zero-order valence-electron chi connectivity index (χ0n) is 15.8. The lowest BCUT2D eigenvalue weighted by atomic mass is 10.1. The third-order valence-corrected chi connectivity index (χ3v) is 3.87. The summed E-state index contributed by atoms with van der Waals surface area (Å²) in [7, 11) is 0. The molecule has 1 aromatic carbocycles. The van der Waals surface area contributed by atoms with Crippen LogP contribution >= 0.6 is 0 Å². The molecule has 0 bridgehead atoms. The molecule has 0 fully saturated rings. The molecule has 144 valence electrons. The van der Waals surface area contributed by atoms with Gasteiger partial charge in [-0.3, -0.25) is 24.4 Å². The summed E-state index contributed by atoms with van der Waals surface area (Å²) in [4.78, 5) is 34.5. The summed E-state index contributed by atoms with van der Waals surface area (Å²) in [5.74, 6) is -0.145. The molecule has 9 heteroatoms. The molecule has 0 saturated carbocycles. The average molecular weight is 373 g/mol. The van der Waals surface area contributed by atoms with Crippen molar-refractivity contribution in [3.05, 3.63) is 45.8 Å². The molecule has 0 aliphatic heterocycles. The van der Waals surface area contributed by atoms with Gasteiger partial charge in [0, 0.05) is 17.8 Å². The van der Waals surface area contributed by atoms with E-state index in [0.29, 0.717) is 23.5 Å². The fourth-order valence-corrected chi connectivity index (χ4v) is 2.66. The van der Waals surface area contributed by atoms with E-state index in [1.165, 1.54) is 11.6 Å². The maximum absolute atomic E-state index is 12.2. The Bertz CT molecular complexity index is 855. The largest absolute Gasteiger partial charge is 0.326 e. The van der Waals surface area contributed by atoms with Crippen molar-refractivity contribution in [1.29, 1.82) is 0 Å². The minimum Gasteiger partial charge on any atom is -0.326 e. The number of benzene rings is 1. The second-order valence-electron chi connectivity index (χ2n) is 6.71. The fraction of sp³-hybridized carbons (Fsp3) is 0.389. The molecule has 0 aliphatic rings. The van der Waals surface area contributed by atoms with Crippen molar-refractivity contribution < 1.29 is 14.5 Å². The summed E-state index contributed by atoms with van der Waals surface area (Å²) in [6.45, 7) is 6.89. The van der Waals surface area contributed by atoms with Crippen LogP contribution in [0.2, 0.25) is 0 Å². The third kappa shape index (κ3) is 5.37. The maximum atomic E-state index is 12.2. The summed E-state index contributed by atoms with van der Waals surface area (Å²) in [5, 5.41) is 20.6. The number of anilines is 2. The molecule has 2 amide bonds. The van der Waals surface area contributed by atoms with Gasteiger partial charge in [-0.15, -0.1) is 0 Å². The van der Waals surface area contributed by atoms with E-state index in [1.807, 2.05) is 13.8 Å². The second-order valence-corrected chi connectivity index (χ2v) is 6.71. The van der Waals surface area contributed by atoms with Crippen LogP contribution in [0.5, 0.6) is 0 Å². The van der Waals surface area contributed by atoms with Crippen molar-refractivity contribution in [3.63, 3.8) is 0 Å². The number of nitrogens with one attached hydrogen (secondary N) is 2. The van der Waals surface area contributed by atoms with Gasteiger partial charge in [-0.1, -0.05) is 13.8 Å². The van der Waals surface area contributed by atoms with Gasteiger partial charge in [-0.2, -0.15) is 5.10 Å². The van der Waals surface area contributed by atoms with Crippen LogP contribution in [0, 0.1) is 29.9 Å². The monoisotopic (exact) mass is 373 g/mol. The van der Waals surface area contributed by atoms with Gasteiger partial charge >= 0.3 is 5.69 Å². The van der Waals surface area contributed by atoms with Gasteiger partial charge in [0.15, 0.2) is 0 Å². The molecule has 0 radical (unpaired) electrons. The lowest BCUT2D eigenvalue weighted by molar-refractivity contribution is -0.386. The lowest BCUT2D eigenvalue weighted by Gasteiger charge is -2.09. The van der Waals surface area contributed by atoms with Crippen LogP contribution in [0.4, 0.5) is 17.1 Å². The van der Waals surface area contributed by atoms with Crippen LogP contribution in [-0.2, 0) is 16.1 Å². The van der Waals surface area contributed by atoms with E-state index in [9.17, 15) is 19.7 Å². The molecule has 0 spiro atoms. The molecule has 0 atom stereocenters. The van der Waals surface area contributed by atoms with E-state index in [-0.39, 0.29) is 35.7 Å². The van der Waals surface area contributed by atoms with Crippen molar-refractivity contribution in [2.24, 2.45) is 5.92 Å². The highest BCUT2D eigenvalue weighted by Crippen LogP contribution is 2.22.